The zero-order chi connectivity index (χ0) is 37.4. The molecule has 0 saturated carbocycles. The number of hydrogen-bond acceptors (Lipinski definition) is 0. The Morgan fingerprint density at radius 3 is 1.90 bits per heavy atom. The van der Waals surface area contributed by atoms with E-state index in [-0.39, 0.29) is 5.82 Å². The highest BCUT2D eigenvalue weighted by atomic mass is 19.1. The first-order valence-electron chi connectivity index (χ1n) is 19.4. The topological polar surface area (TPSA) is 7.76 Å². The van der Waals surface area contributed by atoms with E-state index in [2.05, 4.69) is 152 Å². The van der Waals surface area contributed by atoms with E-state index in [4.69, 9.17) is 0 Å². The van der Waals surface area contributed by atoms with Crippen molar-refractivity contribution in [3.63, 3.8) is 0 Å². The van der Waals surface area contributed by atoms with Crippen LogP contribution in [-0.2, 0) is 33.4 Å². The summed E-state index contributed by atoms with van der Waals surface area (Å²) in [7, 11) is 4.34. The van der Waals surface area contributed by atoms with Crippen LogP contribution in [0.1, 0.15) is 85.0 Å². The largest absolute Gasteiger partial charge is 0.213 e. The summed E-state index contributed by atoms with van der Waals surface area (Å²) in [5.74, 6) is 1.39. The van der Waals surface area contributed by atoms with Crippen LogP contribution in [0.2, 0.25) is 0 Å². The van der Waals surface area contributed by atoms with Gasteiger partial charge in [0.15, 0.2) is 0 Å². The van der Waals surface area contributed by atoms with Gasteiger partial charge in [-0.25, -0.2) is 4.39 Å². The standard InChI is InChI=1S/C49H59FN2/c1-30(2)22-39-28-38(29-49-40(39)16-19-48(52(49)11)43-27-34(6)23-36(8)37(43)9)24-31(3)12-13-32(4)26-44-41-17-20-47(42-25-33(5)14-15-35(42)7)51(10)46(41)21-18-45(44)50/h14-21,23,25,27-32H,12-13,22,24,26H2,1-11H3/q+2. The molecule has 0 bridgehead atoms. The van der Waals surface area contributed by atoms with Crippen molar-refractivity contribution in [2.45, 2.75) is 94.4 Å². The fraction of sp³-hybridized carbons (Fsp3) is 0.388. The second-order valence-electron chi connectivity index (χ2n) is 16.6. The lowest BCUT2D eigenvalue weighted by Gasteiger charge is -2.18. The highest BCUT2D eigenvalue weighted by Gasteiger charge is 2.23. The number of halogens is 1. The number of pyridine rings is 2. The molecular formula is C49H59FN2+2. The number of aryl methyl sites for hydroxylation is 6. The van der Waals surface area contributed by atoms with Crippen LogP contribution < -0.4 is 9.13 Å². The summed E-state index contributed by atoms with van der Waals surface area (Å²) >= 11 is 0. The number of aromatic nitrogens is 2. The molecule has 2 nitrogen and oxygen atoms in total. The number of rotatable bonds is 11. The van der Waals surface area contributed by atoms with Gasteiger partial charge in [0.05, 0.1) is 5.39 Å². The SMILES string of the molecule is Cc1ccc(C)c(-c2ccc3c(CC(C)CCC(C)Cc4cc(CC(C)C)c5ccc(-c6cc(C)cc(C)c6C)[n+](C)c5c4)c(F)ccc3[n+]2C)c1. The second-order valence-corrected chi connectivity index (χ2v) is 16.6. The Balaban J connectivity index is 1.22. The van der Waals surface area contributed by atoms with Gasteiger partial charge in [-0.3, -0.25) is 0 Å². The molecule has 2 aromatic heterocycles. The maximum atomic E-state index is 15.5. The van der Waals surface area contributed by atoms with E-state index in [1.165, 1.54) is 66.7 Å². The fourth-order valence-corrected chi connectivity index (χ4v) is 8.46. The van der Waals surface area contributed by atoms with Crippen LogP contribution in [0.5, 0.6) is 0 Å². The van der Waals surface area contributed by atoms with Crippen molar-refractivity contribution in [2.24, 2.45) is 31.8 Å². The molecule has 2 atom stereocenters. The van der Waals surface area contributed by atoms with Gasteiger partial charge in [-0.2, -0.15) is 9.13 Å². The van der Waals surface area contributed by atoms with Crippen LogP contribution in [0.15, 0.2) is 78.9 Å². The minimum atomic E-state index is -0.0935. The monoisotopic (exact) mass is 694 g/mol. The molecule has 0 amide bonds. The quantitative estimate of drug-likeness (QED) is 0.119. The van der Waals surface area contributed by atoms with Gasteiger partial charge in [0, 0.05) is 46.3 Å². The highest BCUT2D eigenvalue weighted by molar-refractivity contribution is 5.83. The molecular weight excluding hydrogens is 636 g/mol. The van der Waals surface area contributed by atoms with E-state index in [1.807, 2.05) is 6.07 Å². The Labute approximate surface area is 312 Å². The first kappa shape index (κ1) is 37.4. The third kappa shape index (κ3) is 7.70. The number of hydrogen-bond donors (Lipinski definition) is 0. The van der Waals surface area contributed by atoms with Crippen LogP contribution in [0, 0.1) is 58.2 Å². The smallest absolute Gasteiger partial charge is 0.207 e. The molecule has 270 valence electrons. The Morgan fingerprint density at radius 1 is 0.558 bits per heavy atom. The van der Waals surface area contributed by atoms with Gasteiger partial charge in [0.25, 0.3) is 0 Å². The van der Waals surface area contributed by atoms with Crippen molar-refractivity contribution < 1.29 is 13.5 Å². The first-order valence-corrected chi connectivity index (χ1v) is 19.4. The van der Waals surface area contributed by atoms with Gasteiger partial charge in [-0.05, 0) is 130 Å². The molecule has 2 unspecified atom stereocenters. The van der Waals surface area contributed by atoms with Crippen molar-refractivity contribution in [1.82, 2.24) is 0 Å². The van der Waals surface area contributed by atoms with Crippen molar-refractivity contribution in [3.05, 3.63) is 129 Å². The molecule has 6 aromatic rings. The molecule has 0 aliphatic rings. The Kier molecular flexibility index (Phi) is 11.0. The van der Waals surface area contributed by atoms with Gasteiger partial charge in [-0.1, -0.05) is 75.9 Å². The number of fused-ring (bicyclic) bond motifs is 2. The lowest BCUT2D eigenvalue weighted by molar-refractivity contribution is -0.633. The molecule has 0 saturated heterocycles. The van der Waals surface area contributed by atoms with E-state index in [1.54, 1.807) is 6.07 Å². The predicted molar refractivity (Wildman–Crippen MR) is 218 cm³/mol. The molecule has 2 heterocycles. The van der Waals surface area contributed by atoms with Crippen molar-refractivity contribution in [1.29, 1.82) is 0 Å². The summed E-state index contributed by atoms with van der Waals surface area (Å²) in [4.78, 5) is 0. The third-order valence-electron chi connectivity index (χ3n) is 11.5. The molecule has 0 aliphatic heterocycles. The molecule has 0 aliphatic carbocycles. The van der Waals surface area contributed by atoms with Gasteiger partial charge in [0.1, 0.15) is 19.9 Å². The first-order chi connectivity index (χ1) is 24.7. The van der Waals surface area contributed by atoms with E-state index in [0.29, 0.717) is 17.8 Å². The zero-order valence-corrected chi connectivity index (χ0v) is 33.5. The van der Waals surface area contributed by atoms with Crippen molar-refractivity contribution >= 4 is 21.8 Å². The van der Waals surface area contributed by atoms with E-state index < -0.39 is 0 Å². The molecule has 0 radical (unpaired) electrons. The van der Waals surface area contributed by atoms with Gasteiger partial charge in [-0.15, -0.1) is 0 Å². The van der Waals surface area contributed by atoms with Gasteiger partial charge >= 0.3 is 0 Å². The predicted octanol–water partition coefficient (Wildman–Crippen LogP) is 11.7. The average Bonchev–Trinajstić information content (AvgIpc) is 3.08. The Hall–Kier alpha value is -4.37. The summed E-state index contributed by atoms with van der Waals surface area (Å²) < 4.78 is 20.2. The van der Waals surface area contributed by atoms with Crippen molar-refractivity contribution in [3.8, 4) is 22.5 Å². The zero-order valence-electron chi connectivity index (χ0n) is 33.5. The number of benzene rings is 4. The second kappa shape index (κ2) is 15.3. The summed E-state index contributed by atoms with van der Waals surface area (Å²) in [6.07, 6.45) is 5.03. The Morgan fingerprint density at radius 2 is 1.19 bits per heavy atom. The maximum absolute atomic E-state index is 15.5. The van der Waals surface area contributed by atoms with Crippen LogP contribution in [-0.4, -0.2) is 0 Å². The molecule has 4 aromatic carbocycles. The summed E-state index contributed by atoms with van der Waals surface area (Å²) in [5.41, 5.74) is 17.5. The third-order valence-corrected chi connectivity index (χ3v) is 11.5. The summed E-state index contributed by atoms with van der Waals surface area (Å²) in [6.45, 7) is 20.3. The molecule has 6 rings (SSSR count). The van der Waals surface area contributed by atoms with E-state index in [9.17, 15) is 0 Å². The molecule has 0 fully saturated rings. The fourth-order valence-electron chi connectivity index (χ4n) is 8.46. The highest BCUT2D eigenvalue weighted by Crippen LogP contribution is 2.32. The molecule has 0 spiro atoms. The minimum absolute atomic E-state index is 0.0935. The summed E-state index contributed by atoms with van der Waals surface area (Å²) in [5, 5.41) is 2.38. The van der Waals surface area contributed by atoms with E-state index >= 15 is 4.39 Å². The maximum Gasteiger partial charge on any atom is 0.213 e. The lowest BCUT2D eigenvalue weighted by Crippen LogP contribution is -2.32. The minimum Gasteiger partial charge on any atom is -0.207 e. The van der Waals surface area contributed by atoms with Crippen LogP contribution in [0.4, 0.5) is 4.39 Å². The number of nitrogens with zero attached hydrogens (tertiary/aromatic N) is 2. The summed E-state index contributed by atoms with van der Waals surface area (Å²) in [6, 6.07) is 28.7. The molecule has 3 heteroatoms. The normalized spacial score (nSPS) is 13.0. The van der Waals surface area contributed by atoms with Crippen LogP contribution in [0.25, 0.3) is 44.3 Å². The Bertz CT molecular complexity index is 2280. The van der Waals surface area contributed by atoms with Gasteiger partial charge in [0.2, 0.25) is 22.4 Å². The lowest BCUT2D eigenvalue weighted by atomic mass is 9.87. The van der Waals surface area contributed by atoms with E-state index in [0.717, 1.165) is 54.3 Å². The molecule has 52 heavy (non-hydrogen) atoms. The average molecular weight is 695 g/mol. The van der Waals surface area contributed by atoms with Crippen molar-refractivity contribution in [2.75, 3.05) is 0 Å². The van der Waals surface area contributed by atoms with Gasteiger partial charge < -0.3 is 0 Å². The van der Waals surface area contributed by atoms with Crippen LogP contribution in [0.3, 0.4) is 0 Å². The molecule has 0 N–H and O–H groups in total. The van der Waals surface area contributed by atoms with Crippen LogP contribution >= 0.6 is 0 Å².